The SMILES string of the molecule is C#C/C=C(/C)C(C(=O)Nc1ccc(-c2cc3c(cc2Cl)OC(F)(F)O3)cn1)=C(C)C. The van der Waals surface area contributed by atoms with Gasteiger partial charge in [-0.25, -0.2) is 4.98 Å². The monoisotopic (exact) mass is 430 g/mol. The Balaban J connectivity index is 1.83. The van der Waals surface area contributed by atoms with Gasteiger partial charge < -0.3 is 14.8 Å². The Bertz CT molecular complexity index is 1110. The van der Waals surface area contributed by atoms with Crippen molar-refractivity contribution in [2.45, 2.75) is 27.1 Å². The first-order chi connectivity index (χ1) is 14.1. The third kappa shape index (κ3) is 4.44. The van der Waals surface area contributed by atoms with E-state index in [1.807, 2.05) is 13.8 Å². The molecule has 154 valence electrons. The Kier molecular flexibility index (Phi) is 5.81. The van der Waals surface area contributed by atoms with Crippen LogP contribution in [-0.2, 0) is 4.79 Å². The number of carbonyl (C=O) groups excluding carboxylic acids is 1. The van der Waals surface area contributed by atoms with Crippen molar-refractivity contribution >= 4 is 23.3 Å². The van der Waals surface area contributed by atoms with Crippen LogP contribution < -0.4 is 14.8 Å². The lowest BCUT2D eigenvalue weighted by Gasteiger charge is -2.11. The van der Waals surface area contributed by atoms with E-state index in [0.29, 0.717) is 28.1 Å². The number of allylic oxidation sites excluding steroid dienone is 2. The van der Waals surface area contributed by atoms with Gasteiger partial charge in [0.1, 0.15) is 5.82 Å². The average Bonchev–Trinajstić information content (AvgIpc) is 2.94. The summed E-state index contributed by atoms with van der Waals surface area (Å²) in [5.41, 5.74) is 2.91. The molecular weight excluding hydrogens is 414 g/mol. The molecule has 0 radical (unpaired) electrons. The number of fused-ring (bicyclic) bond motifs is 1. The average molecular weight is 431 g/mol. The Morgan fingerprint density at radius 3 is 2.47 bits per heavy atom. The molecule has 0 spiro atoms. The highest BCUT2D eigenvalue weighted by Gasteiger charge is 2.43. The van der Waals surface area contributed by atoms with E-state index < -0.39 is 6.29 Å². The molecule has 0 saturated carbocycles. The van der Waals surface area contributed by atoms with E-state index in [4.69, 9.17) is 18.0 Å². The molecule has 1 amide bonds. The number of amides is 1. The normalized spacial score (nSPS) is 14.1. The lowest BCUT2D eigenvalue weighted by Crippen LogP contribution is -2.25. The molecule has 0 unspecified atom stereocenters. The van der Waals surface area contributed by atoms with Gasteiger partial charge in [-0.15, -0.1) is 15.2 Å². The molecule has 3 rings (SSSR count). The fraction of sp³-hybridized carbons (Fsp3) is 0.182. The molecule has 2 aromatic rings. The van der Waals surface area contributed by atoms with Crippen molar-refractivity contribution in [1.29, 1.82) is 0 Å². The maximum Gasteiger partial charge on any atom is 0.586 e. The Labute approximate surface area is 177 Å². The second kappa shape index (κ2) is 8.17. The van der Waals surface area contributed by atoms with Gasteiger partial charge in [-0.1, -0.05) is 23.1 Å². The number of anilines is 1. The highest BCUT2D eigenvalue weighted by molar-refractivity contribution is 6.33. The van der Waals surface area contributed by atoms with Crippen LogP contribution in [0.3, 0.4) is 0 Å². The van der Waals surface area contributed by atoms with Gasteiger partial charge in [0, 0.05) is 29.0 Å². The Morgan fingerprint density at radius 1 is 1.23 bits per heavy atom. The van der Waals surface area contributed by atoms with E-state index in [0.717, 1.165) is 5.57 Å². The van der Waals surface area contributed by atoms with Crippen molar-refractivity contribution in [3.63, 3.8) is 0 Å². The van der Waals surface area contributed by atoms with Crippen LogP contribution in [0.25, 0.3) is 11.1 Å². The first-order valence-electron chi connectivity index (χ1n) is 8.79. The summed E-state index contributed by atoms with van der Waals surface area (Å²) in [7, 11) is 0. The molecule has 0 saturated heterocycles. The smallest absolute Gasteiger partial charge is 0.395 e. The molecule has 1 aromatic carbocycles. The zero-order valence-electron chi connectivity index (χ0n) is 16.3. The number of hydrogen-bond acceptors (Lipinski definition) is 4. The fourth-order valence-corrected chi connectivity index (χ4v) is 3.26. The standard InChI is InChI=1S/C22H17ClF2N2O3/c1-5-6-13(4)20(12(2)3)21(28)27-19-8-7-14(11-26-19)15-9-17-18(10-16(15)23)30-22(24,25)29-17/h1,6-11H,2-4H3,(H,26,27,28)/b13-6-. The summed E-state index contributed by atoms with van der Waals surface area (Å²) >= 11 is 6.19. The second-order valence-electron chi connectivity index (χ2n) is 6.70. The molecule has 2 heterocycles. The second-order valence-corrected chi connectivity index (χ2v) is 7.11. The topological polar surface area (TPSA) is 60.5 Å². The number of nitrogens with one attached hydrogen (secondary N) is 1. The van der Waals surface area contributed by atoms with Gasteiger partial charge >= 0.3 is 6.29 Å². The van der Waals surface area contributed by atoms with E-state index in [1.165, 1.54) is 24.4 Å². The zero-order valence-corrected chi connectivity index (χ0v) is 17.1. The van der Waals surface area contributed by atoms with Crippen molar-refractivity contribution in [3.8, 4) is 35.0 Å². The van der Waals surface area contributed by atoms with Gasteiger partial charge in [-0.05, 0) is 50.6 Å². The van der Waals surface area contributed by atoms with Gasteiger partial charge in [0.05, 0.1) is 5.02 Å². The lowest BCUT2D eigenvalue weighted by molar-refractivity contribution is -0.286. The predicted octanol–water partition coefficient (Wildman–Crippen LogP) is 5.58. The number of nitrogens with zero attached hydrogens (tertiary/aromatic N) is 1. The van der Waals surface area contributed by atoms with Crippen molar-refractivity contribution < 1.29 is 23.0 Å². The summed E-state index contributed by atoms with van der Waals surface area (Å²) in [4.78, 5) is 16.8. The summed E-state index contributed by atoms with van der Waals surface area (Å²) in [5, 5.41) is 2.90. The Morgan fingerprint density at radius 2 is 1.90 bits per heavy atom. The number of carbonyl (C=O) groups is 1. The van der Waals surface area contributed by atoms with Crippen LogP contribution in [0, 0.1) is 12.3 Å². The lowest BCUT2D eigenvalue weighted by atomic mass is 10.0. The largest absolute Gasteiger partial charge is 0.586 e. The van der Waals surface area contributed by atoms with Gasteiger partial charge in [0.15, 0.2) is 11.5 Å². The number of pyridine rings is 1. The Hall–Kier alpha value is -3.37. The first kappa shape index (κ1) is 21.3. The van der Waals surface area contributed by atoms with Gasteiger partial charge in [-0.3, -0.25) is 4.79 Å². The number of terminal acetylenes is 1. The summed E-state index contributed by atoms with van der Waals surface area (Å²) in [6, 6.07) is 5.83. The van der Waals surface area contributed by atoms with E-state index >= 15 is 0 Å². The van der Waals surface area contributed by atoms with Crippen LogP contribution in [-0.4, -0.2) is 17.2 Å². The number of alkyl halides is 2. The van der Waals surface area contributed by atoms with E-state index in [1.54, 1.807) is 19.1 Å². The number of benzene rings is 1. The summed E-state index contributed by atoms with van der Waals surface area (Å²) in [6.07, 6.45) is 4.54. The van der Waals surface area contributed by atoms with Crippen LogP contribution in [0.1, 0.15) is 20.8 Å². The predicted molar refractivity (Wildman–Crippen MR) is 110 cm³/mol. The summed E-state index contributed by atoms with van der Waals surface area (Å²) in [5.74, 6) is 2.10. The molecule has 1 aromatic heterocycles. The van der Waals surface area contributed by atoms with Crippen LogP contribution in [0.15, 0.2) is 53.3 Å². The molecule has 8 heteroatoms. The molecular formula is C22H17ClF2N2O3. The van der Waals surface area contributed by atoms with Crippen molar-refractivity contribution in [2.75, 3.05) is 5.32 Å². The van der Waals surface area contributed by atoms with Crippen LogP contribution in [0.2, 0.25) is 5.02 Å². The molecule has 1 N–H and O–H groups in total. The quantitative estimate of drug-likeness (QED) is 0.391. The molecule has 1 aliphatic rings. The molecule has 30 heavy (non-hydrogen) atoms. The van der Waals surface area contributed by atoms with Gasteiger partial charge in [0.2, 0.25) is 0 Å². The maximum atomic E-state index is 13.2. The minimum absolute atomic E-state index is 0.124. The summed E-state index contributed by atoms with van der Waals surface area (Å²) in [6.45, 7) is 5.37. The molecule has 1 aliphatic heterocycles. The maximum absolute atomic E-state index is 13.2. The minimum atomic E-state index is -3.73. The highest BCUT2D eigenvalue weighted by Crippen LogP contribution is 2.46. The number of rotatable bonds is 4. The molecule has 5 nitrogen and oxygen atoms in total. The first-order valence-corrected chi connectivity index (χ1v) is 9.17. The minimum Gasteiger partial charge on any atom is -0.395 e. The molecule has 0 bridgehead atoms. The number of ether oxygens (including phenoxy) is 2. The van der Waals surface area contributed by atoms with Crippen LogP contribution in [0.4, 0.5) is 14.6 Å². The van der Waals surface area contributed by atoms with E-state index in [-0.39, 0.29) is 22.4 Å². The number of halogens is 3. The third-order valence-corrected chi connectivity index (χ3v) is 4.54. The molecule has 0 aliphatic carbocycles. The highest BCUT2D eigenvalue weighted by atomic mass is 35.5. The summed E-state index contributed by atoms with van der Waals surface area (Å²) < 4.78 is 35.3. The van der Waals surface area contributed by atoms with Crippen molar-refractivity contribution in [3.05, 3.63) is 58.3 Å². The van der Waals surface area contributed by atoms with E-state index in [9.17, 15) is 13.6 Å². The number of hydrogen-bond donors (Lipinski definition) is 1. The number of aromatic nitrogens is 1. The van der Waals surface area contributed by atoms with Crippen molar-refractivity contribution in [1.82, 2.24) is 4.98 Å². The molecule has 0 atom stereocenters. The molecule has 0 fully saturated rings. The van der Waals surface area contributed by atoms with Crippen LogP contribution in [0.5, 0.6) is 11.5 Å². The fourth-order valence-electron chi connectivity index (χ4n) is 3.00. The third-order valence-electron chi connectivity index (χ3n) is 4.23. The van der Waals surface area contributed by atoms with Gasteiger partial charge in [0.25, 0.3) is 5.91 Å². The van der Waals surface area contributed by atoms with E-state index in [2.05, 4.69) is 25.7 Å². The van der Waals surface area contributed by atoms with Crippen molar-refractivity contribution in [2.24, 2.45) is 0 Å². The van der Waals surface area contributed by atoms with Crippen LogP contribution >= 0.6 is 11.6 Å². The zero-order chi connectivity index (χ0) is 22.1. The van der Waals surface area contributed by atoms with Gasteiger partial charge in [-0.2, -0.15) is 0 Å².